The van der Waals surface area contributed by atoms with Crippen molar-refractivity contribution >= 4 is 26.8 Å². The van der Waals surface area contributed by atoms with Crippen molar-refractivity contribution in [2.24, 2.45) is 0 Å². The van der Waals surface area contributed by atoms with Crippen molar-refractivity contribution in [2.75, 3.05) is 14.1 Å². The number of hydrogen-bond donors (Lipinski definition) is 0. The highest BCUT2D eigenvalue weighted by atomic mass is 79.9. The summed E-state index contributed by atoms with van der Waals surface area (Å²) < 4.78 is 3.60. The van der Waals surface area contributed by atoms with E-state index in [4.69, 9.17) is 0 Å². The molecule has 1 aliphatic rings. The molecule has 0 spiro atoms. The van der Waals surface area contributed by atoms with Crippen LogP contribution in [0.1, 0.15) is 18.4 Å². The molecule has 0 aliphatic carbocycles. The summed E-state index contributed by atoms with van der Waals surface area (Å²) in [5.74, 6) is 0.586. The number of likely N-dealkylation sites (N-methyl/N-ethyl adjacent to an activating group) is 1. The summed E-state index contributed by atoms with van der Waals surface area (Å²) in [6.07, 6.45) is 2.22. The van der Waals surface area contributed by atoms with Gasteiger partial charge < -0.3 is 9.47 Å². The summed E-state index contributed by atoms with van der Waals surface area (Å²) in [5.41, 5.74) is 2.88. The third kappa shape index (κ3) is 1.56. The molecule has 0 amide bonds. The average Bonchev–Trinajstić information content (AvgIpc) is 2.62. The summed E-state index contributed by atoms with van der Waals surface area (Å²) in [6, 6.07) is 7.21. The number of aromatic nitrogens is 1. The van der Waals surface area contributed by atoms with Gasteiger partial charge in [0.1, 0.15) is 0 Å². The zero-order valence-corrected chi connectivity index (χ0v) is 12.0. The molecule has 2 nitrogen and oxygen atoms in total. The molecular weight excluding hydrogens is 276 g/mol. The van der Waals surface area contributed by atoms with Crippen LogP contribution in [-0.2, 0) is 6.54 Å². The summed E-state index contributed by atoms with van der Waals surface area (Å²) >= 11 is 3.66. The first kappa shape index (κ1) is 11.3. The normalized spacial score (nSPS) is 23.6. The molecular formula is C14H17BrN2. The molecule has 0 radical (unpaired) electrons. The van der Waals surface area contributed by atoms with Gasteiger partial charge in [-0.2, -0.15) is 0 Å². The lowest BCUT2D eigenvalue weighted by molar-refractivity contribution is 0.228. The number of halogens is 1. The Morgan fingerprint density at radius 1 is 1.35 bits per heavy atom. The molecule has 2 aromatic rings. The van der Waals surface area contributed by atoms with Crippen molar-refractivity contribution in [3.05, 3.63) is 34.4 Å². The quantitative estimate of drug-likeness (QED) is 0.782. The molecule has 1 aromatic heterocycles. The molecule has 3 heteroatoms. The second kappa shape index (κ2) is 3.85. The monoisotopic (exact) mass is 292 g/mol. The molecule has 0 saturated carbocycles. The van der Waals surface area contributed by atoms with E-state index in [0.29, 0.717) is 12.0 Å². The van der Waals surface area contributed by atoms with Gasteiger partial charge in [-0.05, 0) is 35.6 Å². The highest BCUT2D eigenvalue weighted by molar-refractivity contribution is 9.10. The van der Waals surface area contributed by atoms with Crippen molar-refractivity contribution in [3.8, 4) is 0 Å². The van der Waals surface area contributed by atoms with Crippen molar-refractivity contribution in [2.45, 2.75) is 25.4 Å². The van der Waals surface area contributed by atoms with E-state index in [2.05, 4.69) is 70.8 Å². The van der Waals surface area contributed by atoms with Crippen LogP contribution >= 0.6 is 15.9 Å². The lowest BCUT2D eigenvalue weighted by atomic mass is 9.88. The molecule has 2 unspecified atom stereocenters. The van der Waals surface area contributed by atoms with Crippen LogP contribution in [0.2, 0.25) is 0 Å². The molecule has 0 fully saturated rings. The maximum atomic E-state index is 3.66. The van der Waals surface area contributed by atoms with Crippen LogP contribution in [0, 0.1) is 0 Å². The van der Waals surface area contributed by atoms with E-state index in [1.165, 1.54) is 20.9 Å². The van der Waals surface area contributed by atoms with Crippen molar-refractivity contribution < 1.29 is 0 Å². The first-order valence-electron chi connectivity index (χ1n) is 6.03. The van der Waals surface area contributed by atoms with Crippen molar-refractivity contribution in [1.82, 2.24) is 9.47 Å². The molecule has 1 aliphatic heterocycles. The minimum atomic E-state index is 0.576. The van der Waals surface area contributed by atoms with E-state index in [9.17, 15) is 0 Å². The average molecular weight is 293 g/mol. The van der Waals surface area contributed by atoms with Gasteiger partial charge >= 0.3 is 0 Å². The fourth-order valence-electron chi connectivity index (χ4n) is 3.03. The zero-order valence-electron chi connectivity index (χ0n) is 10.4. The molecule has 1 aromatic carbocycles. The lowest BCUT2D eigenvalue weighted by Crippen LogP contribution is -2.39. The van der Waals surface area contributed by atoms with Gasteiger partial charge in [-0.15, -0.1) is 0 Å². The molecule has 17 heavy (non-hydrogen) atoms. The molecule has 2 atom stereocenters. The smallest absolute Gasteiger partial charge is 0.0528 e. The number of nitrogens with zero attached hydrogens (tertiary/aromatic N) is 2. The Morgan fingerprint density at radius 3 is 2.82 bits per heavy atom. The predicted molar refractivity (Wildman–Crippen MR) is 75.5 cm³/mol. The van der Waals surface area contributed by atoms with E-state index in [1.54, 1.807) is 0 Å². The van der Waals surface area contributed by atoms with E-state index in [0.717, 1.165) is 6.54 Å². The standard InChI is InChI=1S/C14H17BrN2/c1-9-10-5-4-6-11-12(15)7-17(14(10)11)8-13(9)16(2)3/h4-7,9,13H,8H2,1-3H3. The SMILES string of the molecule is CC1c2cccc3c(Br)cn(c23)CC1N(C)C. The van der Waals surface area contributed by atoms with Gasteiger partial charge in [0.2, 0.25) is 0 Å². The van der Waals surface area contributed by atoms with Crippen LogP contribution in [-0.4, -0.2) is 29.6 Å². The third-order valence-electron chi connectivity index (χ3n) is 4.00. The summed E-state index contributed by atoms with van der Waals surface area (Å²) in [7, 11) is 4.34. The minimum Gasteiger partial charge on any atom is -0.344 e. The van der Waals surface area contributed by atoms with Gasteiger partial charge in [0.25, 0.3) is 0 Å². The van der Waals surface area contributed by atoms with Gasteiger partial charge in [0, 0.05) is 34.6 Å². The fourth-order valence-corrected chi connectivity index (χ4v) is 3.60. The topological polar surface area (TPSA) is 8.17 Å². The Kier molecular flexibility index (Phi) is 2.56. The number of rotatable bonds is 1. The minimum absolute atomic E-state index is 0.576. The van der Waals surface area contributed by atoms with Crippen LogP contribution in [0.15, 0.2) is 28.9 Å². The largest absolute Gasteiger partial charge is 0.344 e. The predicted octanol–water partition coefficient (Wildman–Crippen LogP) is 3.45. The Hall–Kier alpha value is -0.800. The molecule has 0 N–H and O–H groups in total. The number of benzene rings is 1. The highest BCUT2D eigenvalue weighted by Crippen LogP contribution is 2.38. The van der Waals surface area contributed by atoms with Crippen LogP contribution in [0.25, 0.3) is 10.9 Å². The first-order chi connectivity index (χ1) is 8.09. The van der Waals surface area contributed by atoms with Gasteiger partial charge in [-0.3, -0.25) is 0 Å². The van der Waals surface area contributed by atoms with Gasteiger partial charge in [0.05, 0.1) is 5.52 Å². The first-order valence-corrected chi connectivity index (χ1v) is 6.82. The Morgan fingerprint density at radius 2 is 2.12 bits per heavy atom. The Balaban J connectivity index is 2.26. The van der Waals surface area contributed by atoms with Crippen molar-refractivity contribution in [3.63, 3.8) is 0 Å². The summed E-state index contributed by atoms with van der Waals surface area (Å²) in [5, 5.41) is 1.34. The number of para-hydroxylation sites is 1. The van der Waals surface area contributed by atoms with E-state index < -0.39 is 0 Å². The fraction of sp³-hybridized carbons (Fsp3) is 0.429. The van der Waals surface area contributed by atoms with Crippen LogP contribution in [0.3, 0.4) is 0 Å². The van der Waals surface area contributed by atoms with Gasteiger partial charge in [0.15, 0.2) is 0 Å². The van der Waals surface area contributed by atoms with E-state index in [-0.39, 0.29) is 0 Å². The van der Waals surface area contributed by atoms with Gasteiger partial charge in [-0.1, -0.05) is 25.1 Å². The van der Waals surface area contributed by atoms with E-state index >= 15 is 0 Å². The zero-order chi connectivity index (χ0) is 12.2. The maximum Gasteiger partial charge on any atom is 0.0528 e. The van der Waals surface area contributed by atoms with Crippen molar-refractivity contribution in [1.29, 1.82) is 0 Å². The summed E-state index contributed by atoms with van der Waals surface area (Å²) in [6.45, 7) is 3.41. The Labute approximate surface area is 110 Å². The molecule has 3 rings (SSSR count). The summed E-state index contributed by atoms with van der Waals surface area (Å²) in [4.78, 5) is 2.33. The van der Waals surface area contributed by atoms with Crippen LogP contribution in [0.4, 0.5) is 0 Å². The number of hydrogen-bond acceptors (Lipinski definition) is 1. The Bertz CT molecular complexity index is 571. The molecule has 2 heterocycles. The lowest BCUT2D eigenvalue weighted by Gasteiger charge is -2.35. The second-order valence-electron chi connectivity index (χ2n) is 5.19. The van der Waals surface area contributed by atoms with Gasteiger partial charge in [-0.25, -0.2) is 0 Å². The second-order valence-corrected chi connectivity index (χ2v) is 6.05. The highest BCUT2D eigenvalue weighted by Gasteiger charge is 2.29. The van der Waals surface area contributed by atoms with E-state index in [1.807, 2.05) is 0 Å². The third-order valence-corrected chi connectivity index (χ3v) is 4.63. The molecule has 0 bridgehead atoms. The maximum absolute atomic E-state index is 3.66. The molecule has 90 valence electrons. The van der Waals surface area contributed by atoms with Crippen LogP contribution < -0.4 is 0 Å². The van der Waals surface area contributed by atoms with Crippen LogP contribution in [0.5, 0.6) is 0 Å². The molecule has 0 saturated heterocycles.